The zero-order chi connectivity index (χ0) is 9.90. The Morgan fingerprint density at radius 1 is 1.69 bits per heavy atom. The SMILES string of the molecule is CC(=O)OCC1(C)CC=C(C)CC1. The van der Waals surface area contributed by atoms with Gasteiger partial charge in [0.05, 0.1) is 6.61 Å². The summed E-state index contributed by atoms with van der Waals surface area (Å²) in [6.07, 6.45) is 5.56. The van der Waals surface area contributed by atoms with E-state index in [2.05, 4.69) is 19.9 Å². The fourth-order valence-electron chi connectivity index (χ4n) is 1.53. The Bertz CT molecular complexity index is 230. The Hall–Kier alpha value is -0.790. The van der Waals surface area contributed by atoms with E-state index in [1.165, 1.54) is 12.5 Å². The Morgan fingerprint density at radius 3 is 2.85 bits per heavy atom. The van der Waals surface area contributed by atoms with Crippen LogP contribution in [0.4, 0.5) is 0 Å². The lowest BCUT2D eigenvalue weighted by molar-refractivity contribution is -0.144. The van der Waals surface area contributed by atoms with Crippen molar-refractivity contribution in [3.8, 4) is 0 Å². The monoisotopic (exact) mass is 182 g/mol. The first kappa shape index (κ1) is 10.3. The molecule has 0 N–H and O–H groups in total. The number of carbonyl (C=O) groups is 1. The first-order valence-electron chi connectivity index (χ1n) is 4.81. The van der Waals surface area contributed by atoms with Crippen molar-refractivity contribution in [3.63, 3.8) is 0 Å². The van der Waals surface area contributed by atoms with Crippen LogP contribution in [0.3, 0.4) is 0 Å². The van der Waals surface area contributed by atoms with E-state index in [1.54, 1.807) is 0 Å². The predicted molar refractivity (Wildman–Crippen MR) is 52.3 cm³/mol. The molecule has 1 atom stereocenters. The van der Waals surface area contributed by atoms with Gasteiger partial charge in [-0.05, 0) is 26.2 Å². The molecule has 13 heavy (non-hydrogen) atoms. The third-order valence-electron chi connectivity index (χ3n) is 2.69. The quantitative estimate of drug-likeness (QED) is 0.485. The smallest absolute Gasteiger partial charge is 0.302 e. The molecule has 0 amide bonds. The first-order valence-corrected chi connectivity index (χ1v) is 4.81. The Morgan fingerprint density at radius 2 is 2.38 bits per heavy atom. The van der Waals surface area contributed by atoms with Crippen LogP contribution in [-0.4, -0.2) is 12.6 Å². The van der Waals surface area contributed by atoms with Crippen molar-refractivity contribution in [1.29, 1.82) is 0 Å². The van der Waals surface area contributed by atoms with Crippen molar-refractivity contribution in [2.45, 2.75) is 40.0 Å². The number of esters is 1. The minimum absolute atomic E-state index is 0.172. The van der Waals surface area contributed by atoms with Crippen molar-refractivity contribution >= 4 is 5.97 Å². The summed E-state index contributed by atoms with van der Waals surface area (Å²) in [5.41, 5.74) is 1.63. The van der Waals surface area contributed by atoms with Crippen molar-refractivity contribution < 1.29 is 9.53 Å². The van der Waals surface area contributed by atoms with Gasteiger partial charge in [-0.2, -0.15) is 0 Å². The number of rotatable bonds is 2. The lowest BCUT2D eigenvalue weighted by Gasteiger charge is -2.31. The fraction of sp³-hybridized carbons (Fsp3) is 0.727. The summed E-state index contributed by atoms with van der Waals surface area (Å²) >= 11 is 0. The van der Waals surface area contributed by atoms with Crippen LogP contribution in [0, 0.1) is 5.41 Å². The van der Waals surface area contributed by atoms with Gasteiger partial charge in [0.25, 0.3) is 0 Å². The molecular formula is C11H18O2. The van der Waals surface area contributed by atoms with Crippen LogP contribution in [0.1, 0.15) is 40.0 Å². The van der Waals surface area contributed by atoms with Gasteiger partial charge in [-0.3, -0.25) is 4.79 Å². The van der Waals surface area contributed by atoms with Gasteiger partial charge in [0.15, 0.2) is 0 Å². The number of carbonyl (C=O) groups excluding carboxylic acids is 1. The van der Waals surface area contributed by atoms with E-state index in [9.17, 15) is 4.79 Å². The average Bonchev–Trinajstić information content (AvgIpc) is 2.08. The van der Waals surface area contributed by atoms with E-state index < -0.39 is 0 Å². The van der Waals surface area contributed by atoms with E-state index in [4.69, 9.17) is 4.74 Å². The highest BCUT2D eigenvalue weighted by atomic mass is 16.5. The molecule has 0 saturated heterocycles. The van der Waals surface area contributed by atoms with Crippen molar-refractivity contribution in [2.24, 2.45) is 5.41 Å². The minimum Gasteiger partial charge on any atom is -0.465 e. The Kier molecular flexibility index (Phi) is 3.12. The standard InChI is InChI=1S/C11H18O2/c1-9-4-6-11(3,7-5-9)8-13-10(2)12/h4H,5-8H2,1-3H3. The zero-order valence-corrected chi connectivity index (χ0v) is 8.72. The minimum atomic E-state index is -0.174. The maximum absolute atomic E-state index is 10.7. The maximum Gasteiger partial charge on any atom is 0.302 e. The Balaban J connectivity index is 2.44. The third-order valence-corrected chi connectivity index (χ3v) is 2.69. The van der Waals surface area contributed by atoms with Crippen LogP contribution in [0.25, 0.3) is 0 Å². The second-order valence-corrected chi connectivity index (χ2v) is 4.35. The molecule has 0 aliphatic heterocycles. The highest BCUT2D eigenvalue weighted by molar-refractivity contribution is 5.65. The molecule has 0 aromatic carbocycles. The highest BCUT2D eigenvalue weighted by Gasteiger charge is 2.27. The molecule has 0 bridgehead atoms. The fourth-order valence-corrected chi connectivity index (χ4v) is 1.53. The molecule has 0 fully saturated rings. The summed E-state index contributed by atoms with van der Waals surface area (Å²) in [5.74, 6) is -0.174. The molecule has 74 valence electrons. The number of hydrogen-bond acceptors (Lipinski definition) is 2. The molecule has 0 heterocycles. The summed E-state index contributed by atoms with van der Waals surface area (Å²) < 4.78 is 5.05. The summed E-state index contributed by atoms with van der Waals surface area (Å²) in [6.45, 7) is 6.36. The van der Waals surface area contributed by atoms with Gasteiger partial charge < -0.3 is 4.74 Å². The van der Waals surface area contributed by atoms with Crippen LogP contribution >= 0.6 is 0 Å². The average molecular weight is 182 g/mol. The van der Waals surface area contributed by atoms with Crippen molar-refractivity contribution in [3.05, 3.63) is 11.6 Å². The van der Waals surface area contributed by atoms with E-state index >= 15 is 0 Å². The van der Waals surface area contributed by atoms with Crippen LogP contribution in [0.15, 0.2) is 11.6 Å². The van der Waals surface area contributed by atoms with Gasteiger partial charge in [0, 0.05) is 12.3 Å². The molecule has 1 aliphatic rings. The third kappa shape index (κ3) is 3.21. The summed E-state index contributed by atoms with van der Waals surface area (Å²) in [7, 11) is 0. The lowest BCUT2D eigenvalue weighted by atomic mass is 9.77. The summed E-state index contributed by atoms with van der Waals surface area (Å²) in [5, 5.41) is 0. The van der Waals surface area contributed by atoms with Crippen molar-refractivity contribution in [2.75, 3.05) is 6.61 Å². The van der Waals surface area contributed by atoms with Gasteiger partial charge in [-0.1, -0.05) is 18.6 Å². The molecule has 2 nitrogen and oxygen atoms in total. The van der Waals surface area contributed by atoms with Crippen LogP contribution in [0.5, 0.6) is 0 Å². The zero-order valence-electron chi connectivity index (χ0n) is 8.72. The molecule has 0 saturated carbocycles. The van der Waals surface area contributed by atoms with Crippen LogP contribution in [0.2, 0.25) is 0 Å². The second kappa shape index (κ2) is 3.95. The van der Waals surface area contributed by atoms with Crippen LogP contribution in [-0.2, 0) is 9.53 Å². The number of allylic oxidation sites excluding steroid dienone is 2. The normalized spacial score (nSPS) is 28.1. The number of ether oxygens (including phenoxy) is 1. The van der Waals surface area contributed by atoms with Crippen molar-refractivity contribution in [1.82, 2.24) is 0 Å². The molecule has 1 unspecified atom stereocenters. The maximum atomic E-state index is 10.7. The van der Waals surface area contributed by atoms with Gasteiger partial charge in [-0.15, -0.1) is 0 Å². The van der Waals surface area contributed by atoms with E-state index in [0.29, 0.717) is 6.61 Å². The largest absolute Gasteiger partial charge is 0.465 e. The van der Waals surface area contributed by atoms with Gasteiger partial charge >= 0.3 is 5.97 Å². The predicted octanol–water partition coefficient (Wildman–Crippen LogP) is 2.69. The Labute approximate surface area is 80.0 Å². The lowest BCUT2D eigenvalue weighted by Crippen LogP contribution is -2.26. The topological polar surface area (TPSA) is 26.3 Å². The molecule has 0 aromatic rings. The highest BCUT2D eigenvalue weighted by Crippen LogP contribution is 2.34. The molecule has 2 heteroatoms. The van der Waals surface area contributed by atoms with Gasteiger partial charge in [-0.25, -0.2) is 0 Å². The molecule has 1 aliphatic carbocycles. The molecule has 0 aromatic heterocycles. The molecular weight excluding hydrogens is 164 g/mol. The molecule has 1 rings (SSSR count). The first-order chi connectivity index (χ1) is 6.02. The molecule has 0 radical (unpaired) electrons. The molecule has 0 spiro atoms. The number of hydrogen-bond donors (Lipinski definition) is 0. The van der Waals surface area contributed by atoms with E-state index in [0.717, 1.165) is 19.3 Å². The van der Waals surface area contributed by atoms with Gasteiger partial charge in [0.1, 0.15) is 0 Å². The van der Waals surface area contributed by atoms with Gasteiger partial charge in [0.2, 0.25) is 0 Å². The van der Waals surface area contributed by atoms with E-state index in [1.807, 2.05) is 0 Å². The summed E-state index contributed by atoms with van der Waals surface area (Å²) in [4.78, 5) is 10.7. The second-order valence-electron chi connectivity index (χ2n) is 4.35. The van der Waals surface area contributed by atoms with Crippen LogP contribution < -0.4 is 0 Å². The summed E-state index contributed by atoms with van der Waals surface area (Å²) in [6, 6.07) is 0. The van der Waals surface area contributed by atoms with E-state index in [-0.39, 0.29) is 11.4 Å².